The predicted molar refractivity (Wildman–Crippen MR) is 95.9 cm³/mol. The molecule has 0 unspecified atom stereocenters. The van der Waals surface area contributed by atoms with E-state index >= 15 is 0 Å². The fraction of sp³-hybridized carbons (Fsp3) is 0.611. The van der Waals surface area contributed by atoms with Crippen LogP contribution in [0.5, 0.6) is 0 Å². The van der Waals surface area contributed by atoms with Crippen molar-refractivity contribution in [2.24, 2.45) is 5.92 Å². The van der Waals surface area contributed by atoms with Gasteiger partial charge in [0.2, 0.25) is 5.91 Å². The van der Waals surface area contributed by atoms with Crippen LogP contribution in [-0.4, -0.2) is 50.1 Å². The second-order valence-corrected chi connectivity index (χ2v) is 7.79. The van der Waals surface area contributed by atoms with Gasteiger partial charge in [-0.1, -0.05) is 24.3 Å². The van der Waals surface area contributed by atoms with Crippen LogP contribution < -0.4 is 10.2 Å². The van der Waals surface area contributed by atoms with Gasteiger partial charge in [-0.25, -0.2) is 0 Å². The number of benzene rings is 1. The van der Waals surface area contributed by atoms with Crippen LogP contribution in [0.2, 0.25) is 0 Å². The minimum absolute atomic E-state index is 0.0690. The zero-order valence-corrected chi connectivity index (χ0v) is 15.3. The number of hydrogen-bond donors (Lipinski definition) is 2. The highest BCUT2D eigenvalue weighted by Gasteiger charge is 2.40. The zero-order valence-electron chi connectivity index (χ0n) is 13.8. The SMILES string of the molecule is O=C(NCCC[NH+]1CCOCC1)[C@H]1Cc2ccccc2[C@@H]1C(Cl)Cl. The van der Waals surface area contributed by atoms with Gasteiger partial charge in [0.15, 0.2) is 0 Å². The smallest absolute Gasteiger partial charge is 0.224 e. The summed E-state index contributed by atoms with van der Waals surface area (Å²) >= 11 is 12.4. The number of nitrogens with one attached hydrogen (secondary N) is 2. The van der Waals surface area contributed by atoms with Crippen molar-refractivity contribution in [3.05, 3.63) is 35.4 Å². The van der Waals surface area contributed by atoms with Gasteiger partial charge in [-0.2, -0.15) is 0 Å². The van der Waals surface area contributed by atoms with Crippen molar-refractivity contribution in [1.82, 2.24) is 5.32 Å². The Hall–Kier alpha value is -0.810. The van der Waals surface area contributed by atoms with E-state index in [1.54, 1.807) is 4.90 Å². The number of carbonyl (C=O) groups is 1. The van der Waals surface area contributed by atoms with Gasteiger partial charge in [0, 0.05) is 18.9 Å². The summed E-state index contributed by atoms with van der Waals surface area (Å²) in [6.07, 6.45) is 1.70. The minimum Gasteiger partial charge on any atom is -0.370 e. The first-order valence-electron chi connectivity index (χ1n) is 8.72. The number of ether oxygens (including phenoxy) is 1. The van der Waals surface area contributed by atoms with Crippen molar-refractivity contribution in [2.75, 3.05) is 39.4 Å². The Bertz CT molecular complexity index is 562. The van der Waals surface area contributed by atoms with Gasteiger partial charge in [0.1, 0.15) is 17.9 Å². The second-order valence-electron chi connectivity index (χ2n) is 6.63. The predicted octanol–water partition coefficient (Wildman–Crippen LogP) is 1.17. The van der Waals surface area contributed by atoms with E-state index in [9.17, 15) is 4.79 Å². The molecule has 0 saturated carbocycles. The first-order valence-corrected chi connectivity index (χ1v) is 9.59. The maximum absolute atomic E-state index is 12.6. The summed E-state index contributed by atoms with van der Waals surface area (Å²) in [5, 5.41) is 3.08. The number of rotatable bonds is 6. The summed E-state index contributed by atoms with van der Waals surface area (Å²) in [4.78, 5) is 13.6. The van der Waals surface area contributed by atoms with Crippen molar-refractivity contribution in [3.8, 4) is 0 Å². The van der Waals surface area contributed by atoms with Crippen LogP contribution in [0.3, 0.4) is 0 Å². The number of fused-ring (bicyclic) bond motifs is 1. The molecule has 24 heavy (non-hydrogen) atoms. The number of alkyl halides is 2. The molecule has 1 amide bonds. The van der Waals surface area contributed by atoms with Crippen molar-refractivity contribution in [3.63, 3.8) is 0 Å². The molecule has 0 bridgehead atoms. The van der Waals surface area contributed by atoms with Crippen LogP contribution in [0.4, 0.5) is 0 Å². The number of morpholine rings is 1. The number of carbonyl (C=O) groups excluding carboxylic acids is 1. The molecule has 1 aliphatic carbocycles. The maximum atomic E-state index is 12.6. The van der Waals surface area contributed by atoms with Gasteiger partial charge < -0.3 is 15.0 Å². The molecule has 2 atom stereocenters. The Balaban J connectivity index is 1.49. The summed E-state index contributed by atoms with van der Waals surface area (Å²) in [5.74, 6) is -0.216. The molecule has 1 fully saturated rings. The molecule has 0 spiro atoms. The van der Waals surface area contributed by atoms with Crippen LogP contribution in [0, 0.1) is 5.92 Å². The average molecular weight is 372 g/mol. The third-order valence-corrected chi connectivity index (χ3v) is 5.64. The molecule has 0 radical (unpaired) electrons. The standard InChI is InChI=1S/C18H24Cl2N2O2/c19-17(20)16-14-5-2-1-4-13(14)12-15(16)18(23)21-6-3-7-22-8-10-24-11-9-22/h1-2,4-5,15-17H,3,6-12H2,(H,21,23)/p+1/t15-,16-/m0/s1. The van der Waals surface area contributed by atoms with Crippen molar-refractivity contribution < 1.29 is 14.4 Å². The number of halogens is 2. The molecule has 6 heteroatoms. The maximum Gasteiger partial charge on any atom is 0.224 e. The van der Waals surface area contributed by atoms with Crippen LogP contribution >= 0.6 is 23.2 Å². The van der Waals surface area contributed by atoms with Gasteiger partial charge in [0.05, 0.1) is 25.7 Å². The van der Waals surface area contributed by atoms with E-state index in [-0.39, 0.29) is 17.7 Å². The lowest BCUT2D eigenvalue weighted by Gasteiger charge is -2.24. The second kappa shape index (κ2) is 8.52. The number of hydrogen-bond acceptors (Lipinski definition) is 2. The van der Waals surface area contributed by atoms with Crippen molar-refractivity contribution in [2.45, 2.75) is 23.6 Å². The molecule has 3 rings (SSSR count). The van der Waals surface area contributed by atoms with Gasteiger partial charge in [-0.15, -0.1) is 23.2 Å². The van der Waals surface area contributed by atoms with Crippen molar-refractivity contribution >= 4 is 29.1 Å². The van der Waals surface area contributed by atoms with E-state index in [0.717, 1.165) is 51.3 Å². The van der Waals surface area contributed by atoms with E-state index in [0.29, 0.717) is 6.54 Å². The topological polar surface area (TPSA) is 42.8 Å². The zero-order chi connectivity index (χ0) is 16.9. The molecule has 1 saturated heterocycles. The van der Waals surface area contributed by atoms with Gasteiger partial charge in [-0.3, -0.25) is 4.79 Å². The number of amides is 1. The van der Waals surface area contributed by atoms with E-state index in [2.05, 4.69) is 11.4 Å². The van der Waals surface area contributed by atoms with Gasteiger partial charge in [-0.05, 0) is 17.5 Å². The third-order valence-electron chi connectivity index (χ3n) is 5.10. The van der Waals surface area contributed by atoms with E-state index < -0.39 is 4.84 Å². The molecule has 132 valence electrons. The Kier molecular flexibility index (Phi) is 6.39. The monoisotopic (exact) mass is 371 g/mol. The third kappa shape index (κ3) is 4.23. The molecular formula is C18H25Cl2N2O2+. The Labute approximate surface area is 153 Å². The molecule has 2 aliphatic rings. The fourth-order valence-electron chi connectivity index (χ4n) is 3.78. The lowest BCUT2D eigenvalue weighted by Crippen LogP contribution is -3.14. The lowest BCUT2D eigenvalue weighted by atomic mass is 9.93. The Morgan fingerprint density at radius 2 is 2.04 bits per heavy atom. The normalized spacial score (nSPS) is 24.1. The summed E-state index contributed by atoms with van der Waals surface area (Å²) in [5.41, 5.74) is 2.30. The van der Waals surface area contributed by atoms with Crippen molar-refractivity contribution in [1.29, 1.82) is 0 Å². The van der Waals surface area contributed by atoms with E-state index in [1.807, 2.05) is 18.2 Å². The first-order chi connectivity index (χ1) is 11.7. The van der Waals surface area contributed by atoms with Gasteiger partial charge in [0.25, 0.3) is 0 Å². The molecule has 1 aromatic rings. The van der Waals surface area contributed by atoms with Crippen LogP contribution in [-0.2, 0) is 16.0 Å². The summed E-state index contributed by atoms with van der Waals surface area (Å²) in [7, 11) is 0. The minimum atomic E-state index is -0.567. The molecule has 2 N–H and O–H groups in total. The molecule has 1 aliphatic heterocycles. The van der Waals surface area contributed by atoms with Crippen LogP contribution in [0.25, 0.3) is 0 Å². The summed E-state index contributed by atoms with van der Waals surface area (Å²) < 4.78 is 5.36. The quantitative estimate of drug-likeness (QED) is 0.582. The van der Waals surface area contributed by atoms with Crippen LogP contribution in [0.1, 0.15) is 23.5 Å². The number of quaternary nitrogens is 1. The van der Waals surface area contributed by atoms with Crippen LogP contribution in [0.15, 0.2) is 24.3 Å². The average Bonchev–Trinajstić information content (AvgIpc) is 2.99. The molecule has 1 heterocycles. The lowest BCUT2D eigenvalue weighted by molar-refractivity contribution is -0.908. The highest BCUT2D eigenvalue weighted by atomic mass is 35.5. The summed E-state index contributed by atoms with van der Waals surface area (Å²) in [6, 6.07) is 8.08. The highest BCUT2D eigenvalue weighted by molar-refractivity contribution is 6.45. The van der Waals surface area contributed by atoms with Gasteiger partial charge >= 0.3 is 0 Å². The Morgan fingerprint density at radius 3 is 2.79 bits per heavy atom. The van der Waals surface area contributed by atoms with E-state index in [1.165, 1.54) is 5.56 Å². The molecule has 0 aromatic heterocycles. The molecule has 1 aromatic carbocycles. The van der Waals surface area contributed by atoms with E-state index in [4.69, 9.17) is 27.9 Å². The molecular weight excluding hydrogens is 347 g/mol. The highest BCUT2D eigenvalue weighted by Crippen LogP contribution is 2.43. The first kappa shape index (κ1) is 18.0. The largest absolute Gasteiger partial charge is 0.370 e. The fourth-order valence-corrected chi connectivity index (χ4v) is 4.41. The Morgan fingerprint density at radius 1 is 1.29 bits per heavy atom. The summed E-state index contributed by atoms with van der Waals surface area (Å²) in [6.45, 7) is 5.60. The molecule has 4 nitrogen and oxygen atoms in total.